The van der Waals surface area contributed by atoms with Crippen LogP contribution in [0.15, 0.2) is 30.5 Å². The summed E-state index contributed by atoms with van der Waals surface area (Å²) in [7, 11) is 0. The summed E-state index contributed by atoms with van der Waals surface area (Å²) in [5.41, 5.74) is 1.09. The topological polar surface area (TPSA) is 34.2 Å². The third kappa shape index (κ3) is 4.75. The van der Waals surface area contributed by atoms with Crippen LogP contribution in [0.5, 0.6) is 11.6 Å². The molecule has 1 N–H and O–H groups in total. The van der Waals surface area contributed by atoms with Crippen LogP contribution in [0.25, 0.3) is 0 Å². The minimum absolute atomic E-state index is 0.386. The predicted molar refractivity (Wildman–Crippen MR) is 87.8 cm³/mol. The van der Waals surface area contributed by atoms with Gasteiger partial charge in [-0.15, -0.1) is 0 Å². The van der Waals surface area contributed by atoms with Gasteiger partial charge in [-0.1, -0.05) is 41.7 Å². The first-order valence-electron chi connectivity index (χ1n) is 6.58. The molecule has 0 bridgehead atoms. The van der Waals surface area contributed by atoms with E-state index in [1.165, 1.54) is 0 Å². The van der Waals surface area contributed by atoms with Gasteiger partial charge in [-0.25, -0.2) is 4.98 Å². The van der Waals surface area contributed by atoms with E-state index < -0.39 is 0 Å². The fraction of sp³-hybridized carbons (Fsp3) is 0.267. The van der Waals surface area contributed by atoms with Crippen LogP contribution in [-0.2, 0) is 6.54 Å². The number of ether oxygens (including phenoxy) is 1. The lowest BCUT2D eigenvalue weighted by Gasteiger charge is -2.09. The zero-order chi connectivity index (χ0) is 15.2. The van der Waals surface area contributed by atoms with Crippen molar-refractivity contribution in [2.75, 3.05) is 6.54 Å². The van der Waals surface area contributed by atoms with Crippen molar-refractivity contribution in [2.45, 2.75) is 19.9 Å². The van der Waals surface area contributed by atoms with E-state index in [2.05, 4.69) is 17.2 Å². The van der Waals surface area contributed by atoms with E-state index in [1.54, 1.807) is 18.3 Å². The van der Waals surface area contributed by atoms with Gasteiger partial charge in [0.1, 0.15) is 5.75 Å². The van der Waals surface area contributed by atoms with Crippen molar-refractivity contribution in [3.8, 4) is 11.6 Å². The molecule has 2 rings (SSSR count). The van der Waals surface area contributed by atoms with Gasteiger partial charge in [-0.2, -0.15) is 0 Å². The van der Waals surface area contributed by atoms with Crippen LogP contribution < -0.4 is 10.1 Å². The van der Waals surface area contributed by atoms with Crippen molar-refractivity contribution in [3.63, 3.8) is 0 Å². The molecule has 1 aromatic carbocycles. The lowest BCUT2D eigenvalue weighted by Crippen LogP contribution is -2.13. The summed E-state index contributed by atoms with van der Waals surface area (Å²) in [5.74, 6) is 0.892. The summed E-state index contributed by atoms with van der Waals surface area (Å²) in [4.78, 5) is 4.17. The molecule has 0 unspecified atom stereocenters. The van der Waals surface area contributed by atoms with Crippen LogP contribution >= 0.6 is 34.8 Å². The standard InChI is InChI=1S/C15H15Cl3N2O/c1-2-4-19-9-10-3-5-20-15(6-10)21-14-8-12(17)11(16)7-13(14)18/h3,5-8,19H,2,4,9H2,1H3. The molecule has 0 aliphatic carbocycles. The first-order valence-corrected chi connectivity index (χ1v) is 7.71. The third-order valence-corrected chi connectivity index (χ3v) is 3.76. The van der Waals surface area contributed by atoms with E-state index in [9.17, 15) is 0 Å². The lowest BCUT2D eigenvalue weighted by molar-refractivity contribution is 0.462. The molecule has 0 aliphatic rings. The average Bonchev–Trinajstić information content (AvgIpc) is 2.45. The highest BCUT2D eigenvalue weighted by molar-refractivity contribution is 6.43. The summed E-state index contributed by atoms with van der Waals surface area (Å²) in [6.45, 7) is 3.86. The van der Waals surface area contributed by atoms with E-state index in [0.717, 1.165) is 25.1 Å². The van der Waals surface area contributed by atoms with Crippen molar-refractivity contribution in [3.05, 3.63) is 51.1 Å². The molecule has 0 aliphatic heterocycles. The summed E-state index contributed by atoms with van der Waals surface area (Å²) in [5, 5.41) is 4.49. The Morgan fingerprint density at radius 3 is 2.62 bits per heavy atom. The number of nitrogens with one attached hydrogen (secondary N) is 1. The number of pyridine rings is 1. The molecule has 0 amide bonds. The highest BCUT2D eigenvalue weighted by Gasteiger charge is 2.09. The molecule has 112 valence electrons. The van der Waals surface area contributed by atoms with Crippen LogP contribution in [0.4, 0.5) is 0 Å². The Bertz CT molecular complexity index is 620. The molecule has 21 heavy (non-hydrogen) atoms. The van der Waals surface area contributed by atoms with Crippen LogP contribution in [0.1, 0.15) is 18.9 Å². The number of hydrogen-bond donors (Lipinski definition) is 1. The van der Waals surface area contributed by atoms with E-state index in [0.29, 0.717) is 26.7 Å². The SMILES string of the molecule is CCCNCc1ccnc(Oc2cc(Cl)c(Cl)cc2Cl)c1. The van der Waals surface area contributed by atoms with Gasteiger partial charge in [-0.3, -0.25) is 0 Å². The largest absolute Gasteiger partial charge is 0.437 e. The number of nitrogens with zero attached hydrogens (tertiary/aromatic N) is 1. The van der Waals surface area contributed by atoms with E-state index in [1.807, 2.05) is 12.1 Å². The highest BCUT2D eigenvalue weighted by atomic mass is 35.5. The molecule has 6 heteroatoms. The van der Waals surface area contributed by atoms with E-state index in [-0.39, 0.29) is 0 Å². The maximum Gasteiger partial charge on any atom is 0.219 e. The van der Waals surface area contributed by atoms with Gasteiger partial charge in [0.05, 0.1) is 15.1 Å². The predicted octanol–water partition coefficient (Wildman–Crippen LogP) is 5.33. The monoisotopic (exact) mass is 344 g/mol. The molecular weight excluding hydrogens is 331 g/mol. The molecule has 3 nitrogen and oxygen atoms in total. The molecule has 2 aromatic rings. The lowest BCUT2D eigenvalue weighted by atomic mass is 10.2. The van der Waals surface area contributed by atoms with Gasteiger partial charge in [0.15, 0.2) is 0 Å². The van der Waals surface area contributed by atoms with Crippen LogP contribution in [0.2, 0.25) is 15.1 Å². The normalized spacial score (nSPS) is 10.7. The quantitative estimate of drug-likeness (QED) is 0.567. The second kappa shape index (κ2) is 7.85. The minimum atomic E-state index is 0.386. The van der Waals surface area contributed by atoms with Crippen molar-refractivity contribution >= 4 is 34.8 Å². The Morgan fingerprint density at radius 1 is 1.10 bits per heavy atom. The van der Waals surface area contributed by atoms with E-state index >= 15 is 0 Å². The molecule has 0 radical (unpaired) electrons. The van der Waals surface area contributed by atoms with Crippen molar-refractivity contribution in [2.24, 2.45) is 0 Å². The van der Waals surface area contributed by atoms with Gasteiger partial charge in [0.2, 0.25) is 5.88 Å². The van der Waals surface area contributed by atoms with Crippen molar-refractivity contribution in [1.82, 2.24) is 10.3 Å². The minimum Gasteiger partial charge on any atom is -0.437 e. The smallest absolute Gasteiger partial charge is 0.219 e. The second-order valence-electron chi connectivity index (χ2n) is 4.48. The summed E-state index contributed by atoms with van der Waals surface area (Å²) < 4.78 is 5.68. The van der Waals surface area contributed by atoms with Crippen LogP contribution in [0, 0.1) is 0 Å². The molecule has 0 atom stereocenters. The van der Waals surface area contributed by atoms with Crippen molar-refractivity contribution in [1.29, 1.82) is 0 Å². The number of hydrogen-bond acceptors (Lipinski definition) is 3. The Balaban J connectivity index is 2.12. The number of benzene rings is 1. The molecule has 0 spiro atoms. The van der Waals surface area contributed by atoms with Gasteiger partial charge >= 0.3 is 0 Å². The fourth-order valence-electron chi connectivity index (χ4n) is 1.72. The fourth-order valence-corrected chi connectivity index (χ4v) is 2.30. The average molecular weight is 346 g/mol. The summed E-state index contributed by atoms with van der Waals surface area (Å²) in [6.07, 6.45) is 2.79. The molecule has 0 saturated heterocycles. The van der Waals surface area contributed by atoms with Gasteiger partial charge < -0.3 is 10.1 Å². The van der Waals surface area contributed by atoms with Crippen LogP contribution in [0.3, 0.4) is 0 Å². The molecular formula is C15H15Cl3N2O. The Hall–Kier alpha value is -1.000. The zero-order valence-corrected chi connectivity index (χ0v) is 13.8. The van der Waals surface area contributed by atoms with Gasteiger partial charge in [0.25, 0.3) is 0 Å². The Kier molecular flexibility index (Phi) is 6.12. The molecule has 0 saturated carbocycles. The number of halogens is 3. The third-order valence-electron chi connectivity index (χ3n) is 2.74. The summed E-state index contributed by atoms with van der Waals surface area (Å²) >= 11 is 17.9. The first kappa shape index (κ1) is 16.4. The molecule has 1 aromatic heterocycles. The van der Waals surface area contributed by atoms with E-state index in [4.69, 9.17) is 39.5 Å². The maximum absolute atomic E-state index is 6.09. The summed E-state index contributed by atoms with van der Waals surface area (Å²) in [6, 6.07) is 6.93. The van der Waals surface area contributed by atoms with Crippen molar-refractivity contribution < 1.29 is 4.74 Å². The number of rotatable bonds is 6. The first-order chi connectivity index (χ1) is 10.1. The maximum atomic E-state index is 6.09. The van der Waals surface area contributed by atoms with Crippen LogP contribution in [-0.4, -0.2) is 11.5 Å². The van der Waals surface area contributed by atoms with Gasteiger partial charge in [-0.05, 0) is 30.7 Å². The Morgan fingerprint density at radius 2 is 1.86 bits per heavy atom. The molecule has 0 fully saturated rings. The number of aromatic nitrogens is 1. The zero-order valence-electron chi connectivity index (χ0n) is 11.5. The Labute approximate surface area is 139 Å². The van der Waals surface area contributed by atoms with Gasteiger partial charge in [0, 0.05) is 24.9 Å². The highest BCUT2D eigenvalue weighted by Crippen LogP contribution is 2.35. The second-order valence-corrected chi connectivity index (χ2v) is 5.70. The molecule has 1 heterocycles.